The van der Waals surface area contributed by atoms with Crippen LogP contribution in [0.25, 0.3) is 0 Å². The first-order chi connectivity index (χ1) is 8.11. The fourth-order valence-electron chi connectivity index (χ4n) is 1.65. The summed E-state index contributed by atoms with van der Waals surface area (Å²) < 4.78 is 14.8. The number of thiophene rings is 1. The molecule has 1 aromatic carbocycles. The van der Waals surface area contributed by atoms with Gasteiger partial charge in [-0.15, -0.1) is 11.3 Å². The van der Waals surface area contributed by atoms with Crippen molar-refractivity contribution in [2.45, 2.75) is 6.04 Å². The molecule has 0 saturated heterocycles. The van der Waals surface area contributed by atoms with E-state index >= 15 is 0 Å². The Kier molecular flexibility index (Phi) is 4.36. The fraction of sp³-hybridized carbons (Fsp3) is 0.167. The highest BCUT2D eigenvalue weighted by molar-refractivity contribution is 9.11. The molecule has 0 aliphatic carbocycles. The zero-order chi connectivity index (χ0) is 12.4. The van der Waals surface area contributed by atoms with Crippen LogP contribution in [0.1, 0.15) is 16.5 Å². The van der Waals surface area contributed by atoms with Crippen LogP contribution >= 0.6 is 43.2 Å². The summed E-state index contributed by atoms with van der Waals surface area (Å²) >= 11 is 8.33. The largest absolute Gasteiger partial charge is 0.309 e. The number of hydrogen-bond donors (Lipinski definition) is 1. The third-order valence-corrected chi connectivity index (χ3v) is 4.74. The standard InChI is InChI=1S/C12H10Br2FNS/c1-16-12(10-4-5-11(14)17-10)7-2-3-9(15)8(13)6-7/h2-6,12,16H,1H3. The fourth-order valence-corrected chi connectivity index (χ4v) is 3.61. The Morgan fingerprint density at radius 1 is 1.24 bits per heavy atom. The van der Waals surface area contributed by atoms with Gasteiger partial charge in [-0.2, -0.15) is 0 Å². The molecule has 0 fully saturated rings. The SMILES string of the molecule is CNC(c1ccc(F)c(Br)c1)c1ccc(Br)s1. The van der Waals surface area contributed by atoms with Gasteiger partial charge in [-0.25, -0.2) is 4.39 Å². The van der Waals surface area contributed by atoms with Crippen LogP contribution < -0.4 is 5.32 Å². The molecule has 90 valence electrons. The van der Waals surface area contributed by atoms with Crippen molar-refractivity contribution < 1.29 is 4.39 Å². The molecule has 1 N–H and O–H groups in total. The molecule has 17 heavy (non-hydrogen) atoms. The smallest absolute Gasteiger partial charge is 0.137 e. The van der Waals surface area contributed by atoms with Gasteiger partial charge in [0.1, 0.15) is 5.82 Å². The van der Waals surface area contributed by atoms with Crippen LogP contribution in [-0.2, 0) is 0 Å². The minimum Gasteiger partial charge on any atom is -0.309 e. The van der Waals surface area contributed by atoms with E-state index in [0.29, 0.717) is 4.47 Å². The van der Waals surface area contributed by atoms with Crippen LogP contribution in [0.3, 0.4) is 0 Å². The minimum absolute atomic E-state index is 0.0863. The Morgan fingerprint density at radius 3 is 2.53 bits per heavy atom. The molecular weight excluding hydrogens is 369 g/mol. The number of nitrogens with one attached hydrogen (secondary N) is 1. The molecule has 0 saturated carbocycles. The summed E-state index contributed by atoms with van der Waals surface area (Å²) in [6, 6.07) is 9.25. The second kappa shape index (κ2) is 5.61. The highest BCUT2D eigenvalue weighted by atomic mass is 79.9. The van der Waals surface area contributed by atoms with Crippen LogP contribution in [0, 0.1) is 5.82 Å². The first-order valence-corrected chi connectivity index (χ1v) is 7.39. The molecule has 0 bridgehead atoms. The molecule has 1 nitrogen and oxygen atoms in total. The molecule has 2 rings (SSSR count). The summed E-state index contributed by atoms with van der Waals surface area (Å²) in [6.07, 6.45) is 0. The molecule has 2 aromatic rings. The summed E-state index contributed by atoms with van der Waals surface area (Å²) in [5.74, 6) is -0.240. The van der Waals surface area contributed by atoms with E-state index in [2.05, 4.69) is 43.2 Å². The molecule has 1 heterocycles. The first-order valence-electron chi connectivity index (χ1n) is 4.99. The van der Waals surface area contributed by atoms with Crippen molar-refractivity contribution in [3.63, 3.8) is 0 Å². The van der Waals surface area contributed by atoms with Crippen LogP contribution in [0.4, 0.5) is 4.39 Å². The first kappa shape index (κ1) is 13.2. The van der Waals surface area contributed by atoms with Gasteiger partial charge in [-0.3, -0.25) is 0 Å². The van der Waals surface area contributed by atoms with Crippen molar-refractivity contribution >= 4 is 43.2 Å². The predicted octanol–water partition coefficient (Wildman–Crippen LogP) is 4.72. The molecule has 0 spiro atoms. The summed E-state index contributed by atoms with van der Waals surface area (Å²) in [5.41, 5.74) is 1.04. The molecule has 0 aliphatic rings. The quantitative estimate of drug-likeness (QED) is 0.814. The Bertz CT molecular complexity index is 527. The van der Waals surface area contributed by atoms with Gasteiger partial charge in [-0.05, 0) is 68.7 Å². The van der Waals surface area contributed by atoms with E-state index in [0.717, 1.165) is 9.35 Å². The van der Waals surface area contributed by atoms with Crippen molar-refractivity contribution in [3.05, 3.63) is 54.8 Å². The van der Waals surface area contributed by atoms with Gasteiger partial charge in [-0.1, -0.05) is 6.07 Å². The Hall–Kier alpha value is -0.230. The van der Waals surface area contributed by atoms with Gasteiger partial charge in [0.25, 0.3) is 0 Å². The minimum atomic E-state index is -0.240. The van der Waals surface area contributed by atoms with Crippen molar-refractivity contribution in [2.75, 3.05) is 7.05 Å². The second-order valence-corrected chi connectivity index (χ2v) is 6.89. The molecule has 1 atom stereocenters. The molecule has 5 heteroatoms. The number of rotatable bonds is 3. The van der Waals surface area contributed by atoms with E-state index in [1.54, 1.807) is 17.4 Å². The lowest BCUT2D eigenvalue weighted by Gasteiger charge is -2.15. The van der Waals surface area contributed by atoms with E-state index in [4.69, 9.17) is 0 Å². The van der Waals surface area contributed by atoms with E-state index in [-0.39, 0.29) is 11.9 Å². The average Bonchev–Trinajstić information content (AvgIpc) is 2.71. The van der Waals surface area contributed by atoms with E-state index in [1.807, 2.05) is 19.2 Å². The second-order valence-electron chi connectivity index (χ2n) is 3.54. The Labute approximate surface area is 120 Å². The van der Waals surface area contributed by atoms with Crippen LogP contribution in [-0.4, -0.2) is 7.05 Å². The van der Waals surface area contributed by atoms with Crippen LogP contribution in [0.2, 0.25) is 0 Å². The number of halogens is 3. The van der Waals surface area contributed by atoms with Gasteiger partial charge in [0.05, 0.1) is 14.3 Å². The van der Waals surface area contributed by atoms with Gasteiger partial charge in [0.15, 0.2) is 0 Å². The zero-order valence-corrected chi connectivity index (χ0v) is 13.0. The average molecular weight is 379 g/mol. The summed E-state index contributed by atoms with van der Waals surface area (Å²) in [7, 11) is 1.90. The molecule has 0 amide bonds. The predicted molar refractivity (Wildman–Crippen MR) is 77.0 cm³/mol. The maximum atomic E-state index is 13.2. The third kappa shape index (κ3) is 2.96. The van der Waals surface area contributed by atoms with Crippen LogP contribution in [0.5, 0.6) is 0 Å². The van der Waals surface area contributed by atoms with Gasteiger partial charge in [0.2, 0.25) is 0 Å². The molecule has 1 aromatic heterocycles. The lowest BCUT2D eigenvalue weighted by Crippen LogP contribution is -2.16. The maximum absolute atomic E-state index is 13.2. The highest BCUT2D eigenvalue weighted by Crippen LogP contribution is 2.32. The zero-order valence-electron chi connectivity index (χ0n) is 9.01. The van der Waals surface area contributed by atoms with Gasteiger partial charge in [0, 0.05) is 4.88 Å². The Balaban J connectivity index is 2.38. The molecule has 0 aliphatic heterocycles. The molecule has 0 radical (unpaired) electrons. The number of hydrogen-bond acceptors (Lipinski definition) is 2. The lowest BCUT2D eigenvalue weighted by molar-refractivity contribution is 0.617. The van der Waals surface area contributed by atoms with Crippen LogP contribution in [0.15, 0.2) is 38.6 Å². The lowest BCUT2D eigenvalue weighted by atomic mass is 10.1. The normalized spacial score (nSPS) is 12.7. The number of benzene rings is 1. The Morgan fingerprint density at radius 2 is 2.00 bits per heavy atom. The summed E-state index contributed by atoms with van der Waals surface area (Å²) in [4.78, 5) is 1.19. The van der Waals surface area contributed by atoms with E-state index < -0.39 is 0 Å². The van der Waals surface area contributed by atoms with Crippen molar-refractivity contribution in [1.82, 2.24) is 5.32 Å². The maximum Gasteiger partial charge on any atom is 0.137 e. The summed E-state index contributed by atoms with van der Waals surface area (Å²) in [5, 5.41) is 3.24. The van der Waals surface area contributed by atoms with Gasteiger partial charge < -0.3 is 5.32 Å². The van der Waals surface area contributed by atoms with Crippen molar-refractivity contribution in [3.8, 4) is 0 Å². The summed E-state index contributed by atoms with van der Waals surface area (Å²) in [6.45, 7) is 0. The van der Waals surface area contributed by atoms with E-state index in [9.17, 15) is 4.39 Å². The van der Waals surface area contributed by atoms with Crippen molar-refractivity contribution in [1.29, 1.82) is 0 Å². The van der Waals surface area contributed by atoms with E-state index in [1.165, 1.54) is 10.9 Å². The third-order valence-electron chi connectivity index (χ3n) is 2.44. The highest BCUT2D eigenvalue weighted by Gasteiger charge is 2.15. The molecular formula is C12H10Br2FNS. The topological polar surface area (TPSA) is 12.0 Å². The monoisotopic (exact) mass is 377 g/mol. The van der Waals surface area contributed by atoms with Gasteiger partial charge >= 0.3 is 0 Å². The van der Waals surface area contributed by atoms with Crippen molar-refractivity contribution in [2.24, 2.45) is 0 Å². The molecule has 1 unspecified atom stereocenters.